The summed E-state index contributed by atoms with van der Waals surface area (Å²) in [6.45, 7) is 3.87. The molecule has 1 aromatic carbocycles. The summed E-state index contributed by atoms with van der Waals surface area (Å²) in [4.78, 5) is 20.0. The summed E-state index contributed by atoms with van der Waals surface area (Å²) in [5.74, 6) is -0.122. The van der Waals surface area contributed by atoms with Crippen LogP contribution in [0.5, 0.6) is 0 Å². The van der Waals surface area contributed by atoms with Crippen molar-refractivity contribution in [3.63, 3.8) is 0 Å². The molecule has 0 radical (unpaired) electrons. The van der Waals surface area contributed by atoms with Crippen LogP contribution in [-0.4, -0.2) is 32.1 Å². The van der Waals surface area contributed by atoms with Gasteiger partial charge in [0.15, 0.2) is 5.65 Å². The van der Waals surface area contributed by atoms with Gasteiger partial charge in [0.1, 0.15) is 5.69 Å². The third-order valence-electron chi connectivity index (χ3n) is 4.67. The molecule has 7 nitrogen and oxygen atoms in total. The zero-order valence-electron chi connectivity index (χ0n) is 17.4. The number of hydrogen-bond donors (Lipinski definition) is 0. The van der Waals surface area contributed by atoms with Crippen molar-refractivity contribution in [2.45, 2.75) is 20.0 Å². The normalized spacial score (nSPS) is 12.1. The zero-order valence-corrected chi connectivity index (χ0v) is 18.1. The molecule has 0 aliphatic carbocycles. The fourth-order valence-electron chi connectivity index (χ4n) is 3.15. The Kier molecular flexibility index (Phi) is 5.94. The molecule has 0 aliphatic heterocycles. The predicted molar refractivity (Wildman–Crippen MR) is 114 cm³/mol. The van der Waals surface area contributed by atoms with Crippen molar-refractivity contribution in [2.75, 3.05) is 6.61 Å². The molecule has 0 amide bonds. The molecular weight excluding hydrogens is 461 g/mol. The Labute approximate surface area is 190 Å². The van der Waals surface area contributed by atoms with E-state index in [0.29, 0.717) is 12.2 Å². The van der Waals surface area contributed by atoms with E-state index >= 15 is 0 Å². The highest BCUT2D eigenvalue weighted by molar-refractivity contribution is 6.33. The summed E-state index contributed by atoms with van der Waals surface area (Å²) in [5.41, 5.74) is 1.70. The summed E-state index contributed by atoms with van der Waals surface area (Å²) in [6, 6.07) is 6.20. The number of alkyl halides is 3. The van der Waals surface area contributed by atoms with Gasteiger partial charge in [-0.3, -0.25) is 0 Å². The van der Waals surface area contributed by atoms with E-state index in [-0.39, 0.29) is 28.1 Å². The number of imidazole rings is 1. The van der Waals surface area contributed by atoms with Crippen LogP contribution in [0.15, 0.2) is 47.3 Å². The fourth-order valence-corrected chi connectivity index (χ4v) is 3.41. The van der Waals surface area contributed by atoms with E-state index in [1.165, 1.54) is 16.7 Å². The van der Waals surface area contributed by atoms with Crippen molar-refractivity contribution in [1.82, 2.24) is 19.5 Å². The smallest absolute Gasteiger partial charge is 0.417 e. The van der Waals surface area contributed by atoms with E-state index in [4.69, 9.17) is 20.9 Å². The fraction of sp³-hybridized carbons (Fsp3) is 0.182. The molecule has 170 valence electrons. The number of ether oxygens (including phenoxy) is 1. The number of aromatic nitrogens is 4. The molecule has 0 spiro atoms. The van der Waals surface area contributed by atoms with Gasteiger partial charge in [0.25, 0.3) is 5.89 Å². The minimum Gasteiger partial charge on any atom is -0.463 e. The second-order valence-corrected chi connectivity index (χ2v) is 7.42. The average Bonchev–Trinajstić information content (AvgIpc) is 3.39. The Morgan fingerprint density at radius 2 is 2.03 bits per heavy atom. The molecule has 0 N–H and O–H groups in total. The SMILES string of the molecule is CCOC(=O)/C=C/c1ccc(-c2noc(-c3cn4cc(C(F)(F)F)cc(Cl)c4n3)n2)c(C)c1. The van der Waals surface area contributed by atoms with Gasteiger partial charge < -0.3 is 13.7 Å². The number of nitrogens with zero attached hydrogens (tertiary/aromatic N) is 4. The zero-order chi connectivity index (χ0) is 23.8. The molecule has 0 fully saturated rings. The number of aryl methyl sites for hydroxylation is 1. The van der Waals surface area contributed by atoms with Crippen molar-refractivity contribution in [3.8, 4) is 23.0 Å². The van der Waals surface area contributed by atoms with E-state index < -0.39 is 17.7 Å². The summed E-state index contributed by atoms with van der Waals surface area (Å²) >= 11 is 5.98. The van der Waals surface area contributed by atoms with Crippen molar-refractivity contribution in [2.24, 2.45) is 0 Å². The number of fused-ring (bicyclic) bond motifs is 1. The van der Waals surface area contributed by atoms with E-state index in [1.54, 1.807) is 25.1 Å². The summed E-state index contributed by atoms with van der Waals surface area (Å²) in [6.07, 6.45) is 0.649. The molecule has 4 aromatic rings. The molecule has 0 bridgehead atoms. The van der Waals surface area contributed by atoms with Gasteiger partial charge in [-0.2, -0.15) is 18.2 Å². The lowest BCUT2D eigenvalue weighted by atomic mass is 10.0. The second kappa shape index (κ2) is 8.70. The highest BCUT2D eigenvalue weighted by atomic mass is 35.5. The van der Waals surface area contributed by atoms with E-state index in [9.17, 15) is 18.0 Å². The number of rotatable bonds is 5. The number of carbonyl (C=O) groups is 1. The van der Waals surface area contributed by atoms with Crippen molar-refractivity contribution < 1.29 is 27.2 Å². The molecule has 0 saturated heterocycles. The van der Waals surface area contributed by atoms with Crippen LogP contribution in [0.2, 0.25) is 5.02 Å². The van der Waals surface area contributed by atoms with Gasteiger partial charge in [-0.25, -0.2) is 9.78 Å². The van der Waals surface area contributed by atoms with E-state index in [1.807, 2.05) is 13.0 Å². The Morgan fingerprint density at radius 1 is 1.24 bits per heavy atom. The standard InChI is InChI=1S/C22H16ClF3N4O3/c1-3-32-18(31)7-5-13-4-6-15(12(2)8-13)19-28-21(33-29-19)17-11-30-10-14(22(24,25)26)9-16(23)20(30)27-17/h4-11H,3H2,1-2H3/b7-5+. The molecule has 33 heavy (non-hydrogen) atoms. The lowest BCUT2D eigenvalue weighted by Gasteiger charge is -2.07. The monoisotopic (exact) mass is 476 g/mol. The Bertz CT molecular complexity index is 1380. The molecule has 0 saturated carbocycles. The van der Waals surface area contributed by atoms with Crippen LogP contribution in [0.25, 0.3) is 34.7 Å². The van der Waals surface area contributed by atoms with Gasteiger partial charge in [0, 0.05) is 24.0 Å². The number of benzene rings is 1. The third kappa shape index (κ3) is 4.75. The first kappa shape index (κ1) is 22.5. The molecule has 4 rings (SSSR count). The third-order valence-corrected chi connectivity index (χ3v) is 4.95. The summed E-state index contributed by atoms with van der Waals surface area (Å²) in [5, 5.41) is 3.81. The van der Waals surface area contributed by atoms with Crippen LogP contribution < -0.4 is 0 Å². The number of esters is 1. The maximum Gasteiger partial charge on any atom is 0.417 e. The van der Waals surface area contributed by atoms with Gasteiger partial charge in [-0.1, -0.05) is 35.0 Å². The molecule has 3 heterocycles. The van der Waals surface area contributed by atoms with Gasteiger partial charge in [-0.15, -0.1) is 0 Å². The van der Waals surface area contributed by atoms with Crippen LogP contribution in [0, 0.1) is 6.92 Å². The van der Waals surface area contributed by atoms with Gasteiger partial charge in [0.05, 0.1) is 17.2 Å². The largest absolute Gasteiger partial charge is 0.463 e. The lowest BCUT2D eigenvalue weighted by Crippen LogP contribution is -2.06. The first-order valence-corrected chi connectivity index (χ1v) is 10.1. The number of pyridine rings is 1. The molecule has 0 unspecified atom stereocenters. The highest BCUT2D eigenvalue weighted by Gasteiger charge is 2.32. The van der Waals surface area contributed by atoms with Crippen molar-refractivity contribution in [1.29, 1.82) is 0 Å². The number of hydrogen-bond acceptors (Lipinski definition) is 6. The summed E-state index contributed by atoms with van der Waals surface area (Å²) < 4.78 is 50.4. The van der Waals surface area contributed by atoms with Crippen LogP contribution >= 0.6 is 11.6 Å². The van der Waals surface area contributed by atoms with E-state index in [2.05, 4.69) is 15.1 Å². The van der Waals surface area contributed by atoms with Crippen molar-refractivity contribution >= 4 is 29.3 Å². The maximum atomic E-state index is 13.0. The number of carbonyl (C=O) groups excluding carboxylic acids is 1. The Balaban J connectivity index is 1.62. The highest BCUT2D eigenvalue weighted by Crippen LogP contribution is 2.33. The topological polar surface area (TPSA) is 82.5 Å². The van der Waals surface area contributed by atoms with Gasteiger partial charge >= 0.3 is 12.1 Å². The molecule has 3 aromatic heterocycles. The van der Waals surface area contributed by atoms with Crippen LogP contribution in [0.4, 0.5) is 13.2 Å². The first-order valence-electron chi connectivity index (χ1n) is 9.71. The van der Waals surface area contributed by atoms with Crippen LogP contribution in [0.1, 0.15) is 23.6 Å². The minimum atomic E-state index is -4.55. The molecule has 11 heteroatoms. The Morgan fingerprint density at radius 3 is 2.73 bits per heavy atom. The summed E-state index contributed by atoms with van der Waals surface area (Å²) in [7, 11) is 0. The molecule has 0 aliphatic rings. The van der Waals surface area contributed by atoms with Crippen LogP contribution in [0.3, 0.4) is 0 Å². The molecular formula is C22H16ClF3N4O3. The van der Waals surface area contributed by atoms with E-state index in [0.717, 1.165) is 23.4 Å². The maximum absolute atomic E-state index is 13.0. The average molecular weight is 477 g/mol. The number of halogens is 4. The van der Waals surface area contributed by atoms with Gasteiger partial charge in [0.2, 0.25) is 5.82 Å². The van der Waals surface area contributed by atoms with Crippen LogP contribution in [-0.2, 0) is 15.7 Å². The Hall–Kier alpha value is -3.66. The quantitative estimate of drug-likeness (QED) is 0.275. The predicted octanol–water partition coefficient (Wildman–Crippen LogP) is 5.61. The minimum absolute atomic E-state index is 0.0315. The van der Waals surface area contributed by atoms with Crippen molar-refractivity contribution in [3.05, 3.63) is 64.4 Å². The van der Waals surface area contributed by atoms with Gasteiger partial charge in [-0.05, 0) is 37.1 Å². The molecule has 0 atom stereocenters. The second-order valence-electron chi connectivity index (χ2n) is 7.01. The first-order chi connectivity index (χ1) is 15.7. The lowest BCUT2D eigenvalue weighted by molar-refractivity contribution is -0.138.